The van der Waals surface area contributed by atoms with E-state index >= 15 is 0 Å². The number of anilines is 1. The standard InChI is InChI=1S/C29H25FN6O3/c1-38-16-17-14-36(15-17)24-10-18(21-12-33-9-8-19(21)11-31)6-7-20(24)22-13-34-29(35-27(22)28(32)37)26-23(30)4-3-5-25(26)39-2/h3-10,12-13,17H,14-16H2,1-2H3,(H2,32,37). The number of ether oxygens (including phenoxy) is 2. The number of halogens is 1. The van der Waals surface area contributed by atoms with Gasteiger partial charge in [-0.15, -0.1) is 0 Å². The Kier molecular flexibility index (Phi) is 7.17. The van der Waals surface area contributed by atoms with Gasteiger partial charge >= 0.3 is 0 Å². The predicted octanol–water partition coefficient (Wildman–Crippen LogP) is 4.07. The first-order valence-electron chi connectivity index (χ1n) is 12.2. The number of benzene rings is 2. The van der Waals surface area contributed by atoms with Crippen LogP contribution in [-0.4, -0.2) is 54.8 Å². The number of hydrogen-bond acceptors (Lipinski definition) is 8. The highest BCUT2D eigenvalue weighted by Gasteiger charge is 2.30. The normalized spacial score (nSPS) is 13.0. The summed E-state index contributed by atoms with van der Waals surface area (Å²) in [4.78, 5) is 27.8. The van der Waals surface area contributed by atoms with Crippen LogP contribution in [0.3, 0.4) is 0 Å². The van der Waals surface area contributed by atoms with E-state index in [-0.39, 0.29) is 22.8 Å². The number of pyridine rings is 1. The second-order valence-electron chi connectivity index (χ2n) is 9.13. The van der Waals surface area contributed by atoms with Crippen molar-refractivity contribution < 1.29 is 18.7 Å². The minimum Gasteiger partial charge on any atom is -0.496 e. The van der Waals surface area contributed by atoms with Gasteiger partial charge in [-0.05, 0) is 29.8 Å². The lowest BCUT2D eigenvalue weighted by Crippen LogP contribution is -2.49. The zero-order valence-corrected chi connectivity index (χ0v) is 21.4. The molecular weight excluding hydrogens is 499 g/mol. The Morgan fingerprint density at radius 2 is 1.97 bits per heavy atom. The van der Waals surface area contributed by atoms with Gasteiger partial charge in [0.1, 0.15) is 17.3 Å². The molecule has 0 radical (unpaired) electrons. The number of nitriles is 1. The van der Waals surface area contributed by atoms with E-state index < -0.39 is 11.7 Å². The van der Waals surface area contributed by atoms with Gasteiger partial charge < -0.3 is 20.1 Å². The van der Waals surface area contributed by atoms with Crippen LogP contribution >= 0.6 is 0 Å². The van der Waals surface area contributed by atoms with Gasteiger partial charge in [0.2, 0.25) is 0 Å². The van der Waals surface area contributed by atoms with Crippen LogP contribution in [0.5, 0.6) is 5.75 Å². The molecule has 4 aromatic rings. The average molecular weight is 525 g/mol. The quantitative estimate of drug-likeness (QED) is 0.365. The maximum absolute atomic E-state index is 14.7. The highest BCUT2D eigenvalue weighted by atomic mass is 19.1. The Hall–Kier alpha value is -4.88. The van der Waals surface area contributed by atoms with Crippen LogP contribution in [0, 0.1) is 23.1 Å². The van der Waals surface area contributed by atoms with Gasteiger partial charge in [-0.25, -0.2) is 14.4 Å². The molecule has 1 saturated heterocycles. The van der Waals surface area contributed by atoms with Crippen molar-refractivity contribution in [2.24, 2.45) is 11.7 Å². The van der Waals surface area contributed by atoms with E-state index in [2.05, 4.69) is 25.9 Å². The second-order valence-corrected chi connectivity index (χ2v) is 9.13. The summed E-state index contributed by atoms with van der Waals surface area (Å²) in [7, 11) is 3.09. The zero-order chi connectivity index (χ0) is 27.5. The smallest absolute Gasteiger partial charge is 0.268 e. The Labute approximate surface area is 224 Å². The summed E-state index contributed by atoms with van der Waals surface area (Å²) < 4.78 is 25.3. The Morgan fingerprint density at radius 3 is 2.69 bits per heavy atom. The molecule has 5 rings (SSSR count). The van der Waals surface area contributed by atoms with Gasteiger partial charge in [-0.3, -0.25) is 9.78 Å². The van der Waals surface area contributed by atoms with Crippen molar-refractivity contribution in [2.45, 2.75) is 0 Å². The van der Waals surface area contributed by atoms with Crippen LogP contribution in [0.4, 0.5) is 10.1 Å². The molecule has 0 unspecified atom stereocenters. The first-order chi connectivity index (χ1) is 18.9. The lowest BCUT2D eigenvalue weighted by Gasteiger charge is -2.42. The number of amides is 1. The third-order valence-electron chi connectivity index (χ3n) is 6.68. The number of nitrogens with two attached hydrogens (primary N) is 1. The highest BCUT2D eigenvalue weighted by molar-refractivity contribution is 6.00. The molecule has 9 nitrogen and oxygen atoms in total. The lowest BCUT2D eigenvalue weighted by atomic mass is 9.92. The molecule has 39 heavy (non-hydrogen) atoms. The first-order valence-corrected chi connectivity index (χ1v) is 12.2. The molecule has 196 valence electrons. The first kappa shape index (κ1) is 25.8. The summed E-state index contributed by atoms with van der Waals surface area (Å²) in [5.41, 5.74) is 9.64. The van der Waals surface area contributed by atoms with Gasteiger partial charge in [0.15, 0.2) is 5.82 Å². The van der Waals surface area contributed by atoms with E-state index in [9.17, 15) is 14.4 Å². The minimum atomic E-state index is -0.779. The number of rotatable bonds is 8. The van der Waals surface area contributed by atoms with Crippen LogP contribution in [-0.2, 0) is 4.74 Å². The van der Waals surface area contributed by atoms with E-state index in [4.69, 9.17) is 15.2 Å². The minimum absolute atomic E-state index is 0.0150. The van der Waals surface area contributed by atoms with Crippen LogP contribution in [0.25, 0.3) is 33.6 Å². The molecule has 0 saturated carbocycles. The summed E-state index contributed by atoms with van der Waals surface area (Å²) >= 11 is 0. The molecule has 2 aromatic heterocycles. The fraction of sp³-hybridized carbons (Fsp3) is 0.207. The largest absolute Gasteiger partial charge is 0.496 e. The molecule has 0 aliphatic carbocycles. The van der Waals surface area contributed by atoms with Gasteiger partial charge in [0.05, 0.1) is 30.9 Å². The van der Waals surface area contributed by atoms with Gasteiger partial charge in [0.25, 0.3) is 5.91 Å². The summed E-state index contributed by atoms with van der Waals surface area (Å²) in [6, 6.07) is 13.9. The van der Waals surface area contributed by atoms with Crippen LogP contribution in [0.15, 0.2) is 61.1 Å². The number of aromatic nitrogens is 3. The molecule has 3 heterocycles. The summed E-state index contributed by atoms with van der Waals surface area (Å²) in [6.07, 6.45) is 4.70. The van der Waals surface area contributed by atoms with E-state index in [1.807, 2.05) is 18.2 Å². The van der Waals surface area contributed by atoms with E-state index in [1.54, 1.807) is 31.6 Å². The van der Waals surface area contributed by atoms with Gasteiger partial charge in [-0.2, -0.15) is 5.26 Å². The average Bonchev–Trinajstić information content (AvgIpc) is 2.94. The van der Waals surface area contributed by atoms with Crippen molar-refractivity contribution in [3.05, 3.63) is 78.1 Å². The topological polar surface area (TPSA) is 127 Å². The number of carbonyl (C=O) groups excluding carboxylic acids is 1. The summed E-state index contributed by atoms with van der Waals surface area (Å²) in [6.45, 7) is 2.10. The van der Waals surface area contributed by atoms with Gasteiger partial charge in [-0.1, -0.05) is 18.2 Å². The molecule has 1 aliphatic rings. The number of hydrogen-bond donors (Lipinski definition) is 1. The fourth-order valence-corrected chi connectivity index (χ4v) is 4.80. The predicted molar refractivity (Wildman–Crippen MR) is 143 cm³/mol. The molecule has 2 N–H and O–H groups in total. The molecule has 1 aliphatic heterocycles. The van der Waals surface area contributed by atoms with E-state index in [0.29, 0.717) is 34.8 Å². The van der Waals surface area contributed by atoms with Crippen molar-refractivity contribution in [3.63, 3.8) is 0 Å². The number of primary amides is 1. The van der Waals surface area contributed by atoms with Crippen molar-refractivity contribution in [1.82, 2.24) is 15.0 Å². The third kappa shape index (κ3) is 4.87. The number of nitrogens with zero attached hydrogens (tertiary/aromatic N) is 5. The number of methoxy groups -OCH3 is 2. The molecule has 10 heteroatoms. The zero-order valence-electron chi connectivity index (χ0n) is 21.4. The van der Waals surface area contributed by atoms with Crippen molar-refractivity contribution in [1.29, 1.82) is 5.26 Å². The molecule has 2 aromatic carbocycles. The van der Waals surface area contributed by atoms with Crippen molar-refractivity contribution >= 4 is 11.6 Å². The Morgan fingerprint density at radius 1 is 1.15 bits per heavy atom. The van der Waals surface area contributed by atoms with E-state index in [0.717, 1.165) is 24.3 Å². The van der Waals surface area contributed by atoms with Crippen LogP contribution in [0.1, 0.15) is 16.1 Å². The molecular formula is C29H25FN6O3. The van der Waals surface area contributed by atoms with Crippen LogP contribution < -0.4 is 15.4 Å². The highest BCUT2D eigenvalue weighted by Crippen LogP contribution is 2.40. The van der Waals surface area contributed by atoms with E-state index in [1.165, 1.54) is 25.4 Å². The SMILES string of the molecule is COCC1CN(c2cc(-c3cnccc3C#N)ccc2-c2cnc(-c3c(F)cccc3OC)nc2C(N)=O)C1. The monoisotopic (exact) mass is 524 g/mol. The fourth-order valence-electron chi connectivity index (χ4n) is 4.80. The lowest BCUT2D eigenvalue weighted by molar-refractivity contribution is 0.0996. The molecule has 1 fully saturated rings. The van der Waals surface area contributed by atoms with Gasteiger partial charge in [0, 0.05) is 67.1 Å². The second kappa shape index (κ2) is 10.8. The summed E-state index contributed by atoms with van der Waals surface area (Å²) in [5, 5.41) is 9.61. The summed E-state index contributed by atoms with van der Waals surface area (Å²) in [5.74, 6) is -0.796. The number of carbonyl (C=O) groups is 1. The molecule has 0 spiro atoms. The Bertz CT molecular complexity index is 1600. The molecule has 0 atom stereocenters. The maximum Gasteiger partial charge on any atom is 0.268 e. The van der Waals surface area contributed by atoms with Crippen molar-refractivity contribution in [2.75, 3.05) is 38.8 Å². The van der Waals surface area contributed by atoms with Crippen molar-refractivity contribution in [3.8, 4) is 45.5 Å². The maximum atomic E-state index is 14.7. The molecule has 0 bridgehead atoms. The third-order valence-corrected chi connectivity index (χ3v) is 6.68. The Balaban J connectivity index is 1.65. The molecule has 1 amide bonds. The van der Waals surface area contributed by atoms with Crippen LogP contribution in [0.2, 0.25) is 0 Å².